The molecule has 0 fully saturated rings. The Morgan fingerprint density at radius 2 is 1.80 bits per heavy atom. The van der Waals surface area contributed by atoms with Gasteiger partial charge in [-0.15, -0.1) is 0 Å². The molecule has 0 aliphatic carbocycles. The van der Waals surface area contributed by atoms with Gasteiger partial charge < -0.3 is 10.2 Å². The van der Waals surface area contributed by atoms with Gasteiger partial charge in [-0.25, -0.2) is 0 Å². The van der Waals surface area contributed by atoms with Crippen molar-refractivity contribution in [2.24, 2.45) is 0 Å². The van der Waals surface area contributed by atoms with Crippen LogP contribution in [0.2, 0.25) is 0 Å². The maximum atomic E-state index is 9.41. The topological polar surface area (TPSA) is 39.1 Å². The number of benzene rings is 1. The van der Waals surface area contributed by atoms with Crippen LogP contribution < -0.4 is 10.2 Å². The van der Waals surface area contributed by atoms with Crippen LogP contribution in [0.5, 0.6) is 0 Å². The number of hydrogen-bond donors (Lipinski definition) is 1. The Bertz CT molecular complexity index is 426. The van der Waals surface area contributed by atoms with Crippen LogP contribution >= 0.6 is 0 Å². The monoisotopic (exact) mass is 273 g/mol. The zero-order chi connectivity index (χ0) is 14.8. The minimum absolute atomic E-state index is 0.796. The number of nitrogens with zero attached hydrogens (tertiary/aromatic N) is 2. The summed E-state index contributed by atoms with van der Waals surface area (Å²) in [5.41, 5.74) is 3.05. The summed E-state index contributed by atoms with van der Waals surface area (Å²) in [5.74, 6) is 0. The lowest BCUT2D eigenvalue weighted by molar-refractivity contribution is 0.677. The van der Waals surface area contributed by atoms with Crippen molar-refractivity contribution >= 4 is 5.69 Å². The molecule has 0 saturated heterocycles. The molecule has 1 aromatic rings. The molecule has 20 heavy (non-hydrogen) atoms. The van der Waals surface area contributed by atoms with Crippen LogP contribution in [0.15, 0.2) is 18.2 Å². The van der Waals surface area contributed by atoms with Gasteiger partial charge in [-0.1, -0.05) is 32.8 Å². The molecule has 0 atom stereocenters. The fourth-order valence-electron chi connectivity index (χ4n) is 2.31. The Hall–Kier alpha value is -1.53. The standard InChI is InChI=1S/C17H27N3/c1-4-6-10-20(11-7-5-2)17-9-8-15(14-19-3)12-16(17)13-18/h8-9,12,19H,4-7,10-11,14H2,1-3H3. The number of anilines is 1. The number of nitrogens with one attached hydrogen (secondary N) is 1. The predicted octanol–water partition coefficient (Wildman–Crippen LogP) is 3.68. The smallest absolute Gasteiger partial charge is 0.101 e. The van der Waals surface area contributed by atoms with Crippen molar-refractivity contribution in [2.75, 3.05) is 25.0 Å². The van der Waals surface area contributed by atoms with Crippen molar-refractivity contribution in [1.29, 1.82) is 5.26 Å². The molecule has 0 aromatic heterocycles. The van der Waals surface area contributed by atoms with E-state index < -0.39 is 0 Å². The molecule has 3 nitrogen and oxygen atoms in total. The highest BCUT2D eigenvalue weighted by Gasteiger charge is 2.11. The quantitative estimate of drug-likeness (QED) is 0.746. The molecule has 0 heterocycles. The summed E-state index contributed by atoms with van der Waals surface area (Å²) in [6.45, 7) is 7.30. The van der Waals surface area contributed by atoms with E-state index in [1.54, 1.807) is 0 Å². The fraction of sp³-hybridized carbons (Fsp3) is 0.588. The van der Waals surface area contributed by atoms with E-state index in [0.717, 1.165) is 30.9 Å². The zero-order valence-corrected chi connectivity index (χ0v) is 13.1. The molecule has 0 amide bonds. The SMILES string of the molecule is CCCCN(CCCC)c1ccc(CNC)cc1C#N. The van der Waals surface area contributed by atoms with Crippen LogP contribution in [0.25, 0.3) is 0 Å². The molecule has 1 rings (SSSR count). The van der Waals surface area contributed by atoms with Gasteiger partial charge in [-0.3, -0.25) is 0 Å². The first-order valence-electron chi connectivity index (χ1n) is 7.69. The van der Waals surface area contributed by atoms with Crippen molar-refractivity contribution in [3.63, 3.8) is 0 Å². The van der Waals surface area contributed by atoms with Gasteiger partial charge in [0, 0.05) is 19.6 Å². The third kappa shape index (κ3) is 4.86. The molecular formula is C17H27N3. The predicted molar refractivity (Wildman–Crippen MR) is 85.9 cm³/mol. The number of nitriles is 1. The van der Waals surface area contributed by atoms with Crippen molar-refractivity contribution in [2.45, 2.75) is 46.1 Å². The van der Waals surface area contributed by atoms with Crippen LogP contribution in [-0.2, 0) is 6.54 Å². The van der Waals surface area contributed by atoms with Crippen LogP contribution in [0, 0.1) is 11.3 Å². The summed E-state index contributed by atoms with van der Waals surface area (Å²) in [6.07, 6.45) is 4.71. The minimum Gasteiger partial charge on any atom is -0.370 e. The Kier molecular flexibility index (Phi) is 7.75. The van der Waals surface area contributed by atoms with Gasteiger partial charge in [0.25, 0.3) is 0 Å². The third-order valence-corrected chi connectivity index (χ3v) is 3.47. The van der Waals surface area contributed by atoms with Gasteiger partial charge in [0.15, 0.2) is 0 Å². The van der Waals surface area contributed by atoms with Crippen molar-refractivity contribution < 1.29 is 0 Å². The molecule has 0 unspecified atom stereocenters. The summed E-state index contributed by atoms with van der Waals surface area (Å²) in [6, 6.07) is 8.60. The second-order valence-electron chi connectivity index (χ2n) is 5.19. The average molecular weight is 273 g/mol. The average Bonchev–Trinajstić information content (AvgIpc) is 2.48. The molecule has 1 aromatic carbocycles. The Morgan fingerprint density at radius 3 is 2.30 bits per heavy atom. The molecule has 1 N–H and O–H groups in total. The zero-order valence-electron chi connectivity index (χ0n) is 13.1. The van der Waals surface area contributed by atoms with Gasteiger partial charge in [-0.05, 0) is 37.6 Å². The lowest BCUT2D eigenvalue weighted by Crippen LogP contribution is -2.26. The van der Waals surface area contributed by atoms with Crippen LogP contribution in [0.4, 0.5) is 5.69 Å². The molecule has 110 valence electrons. The van der Waals surface area contributed by atoms with Crippen LogP contribution in [0.1, 0.15) is 50.7 Å². The summed E-state index contributed by atoms with van der Waals surface area (Å²) in [7, 11) is 1.93. The van der Waals surface area contributed by atoms with Crippen molar-refractivity contribution in [1.82, 2.24) is 5.32 Å². The first kappa shape index (κ1) is 16.5. The highest BCUT2D eigenvalue weighted by atomic mass is 15.1. The van der Waals surface area contributed by atoms with E-state index in [-0.39, 0.29) is 0 Å². The second-order valence-corrected chi connectivity index (χ2v) is 5.19. The van der Waals surface area contributed by atoms with Gasteiger partial charge in [0.2, 0.25) is 0 Å². The molecule has 0 bridgehead atoms. The van der Waals surface area contributed by atoms with E-state index in [0.29, 0.717) is 0 Å². The highest BCUT2D eigenvalue weighted by molar-refractivity contribution is 5.60. The first-order chi connectivity index (χ1) is 9.76. The van der Waals surface area contributed by atoms with Crippen LogP contribution in [0.3, 0.4) is 0 Å². The van der Waals surface area contributed by atoms with Gasteiger partial charge in [-0.2, -0.15) is 5.26 Å². The largest absolute Gasteiger partial charge is 0.370 e. The van der Waals surface area contributed by atoms with Gasteiger partial charge in [0.1, 0.15) is 6.07 Å². The summed E-state index contributed by atoms with van der Waals surface area (Å²) >= 11 is 0. The normalized spacial score (nSPS) is 10.3. The minimum atomic E-state index is 0.796. The lowest BCUT2D eigenvalue weighted by atomic mass is 10.1. The van der Waals surface area contributed by atoms with Crippen molar-refractivity contribution in [3.8, 4) is 6.07 Å². The van der Waals surface area contributed by atoms with E-state index >= 15 is 0 Å². The molecule has 0 radical (unpaired) electrons. The second kappa shape index (κ2) is 9.39. The lowest BCUT2D eigenvalue weighted by Gasteiger charge is -2.26. The Morgan fingerprint density at radius 1 is 1.15 bits per heavy atom. The molecular weight excluding hydrogens is 246 g/mol. The summed E-state index contributed by atoms with van der Waals surface area (Å²) in [5, 5.41) is 12.5. The van der Waals surface area contributed by atoms with Crippen LogP contribution in [-0.4, -0.2) is 20.1 Å². The van der Waals surface area contributed by atoms with Crippen molar-refractivity contribution in [3.05, 3.63) is 29.3 Å². The van der Waals surface area contributed by atoms with Gasteiger partial charge in [0.05, 0.1) is 11.3 Å². The van der Waals surface area contributed by atoms with E-state index in [1.165, 1.54) is 31.2 Å². The number of rotatable bonds is 9. The number of hydrogen-bond acceptors (Lipinski definition) is 3. The van der Waals surface area contributed by atoms with E-state index in [4.69, 9.17) is 0 Å². The Balaban J connectivity index is 2.95. The molecule has 0 aliphatic rings. The summed E-state index contributed by atoms with van der Waals surface area (Å²) < 4.78 is 0. The number of unbranched alkanes of at least 4 members (excludes halogenated alkanes) is 2. The van der Waals surface area contributed by atoms with Gasteiger partial charge >= 0.3 is 0 Å². The molecule has 0 spiro atoms. The first-order valence-corrected chi connectivity index (χ1v) is 7.69. The highest BCUT2D eigenvalue weighted by Crippen LogP contribution is 2.22. The molecule has 3 heteroatoms. The summed E-state index contributed by atoms with van der Waals surface area (Å²) in [4.78, 5) is 2.37. The maximum absolute atomic E-state index is 9.41. The third-order valence-electron chi connectivity index (χ3n) is 3.47. The Labute approximate surface area is 123 Å². The molecule has 0 aliphatic heterocycles. The maximum Gasteiger partial charge on any atom is 0.101 e. The van der Waals surface area contributed by atoms with E-state index in [1.807, 2.05) is 13.1 Å². The van der Waals surface area contributed by atoms with E-state index in [2.05, 4.69) is 42.3 Å². The van der Waals surface area contributed by atoms with E-state index in [9.17, 15) is 5.26 Å². The fourth-order valence-corrected chi connectivity index (χ4v) is 2.31. The molecule has 0 saturated carbocycles.